The van der Waals surface area contributed by atoms with Crippen molar-refractivity contribution in [3.05, 3.63) is 35.4 Å². The van der Waals surface area contributed by atoms with Crippen LogP contribution >= 0.6 is 0 Å². The van der Waals surface area contributed by atoms with E-state index in [1.807, 2.05) is 0 Å². The van der Waals surface area contributed by atoms with Crippen molar-refractivity contribution >= 4 is 5.97 Å². The Morgan fingerprint density at radius 3 is 2.41 bits per heavy atom. The first kappa shape index (κ1) is 13.7. The van der Waals surface area contributed by atoms with Gasteiger partial charge in [-0.3, -0.25) is 4.79 Å². The molecule has 1 unspecified atom stereocenters. The summed E-state index contributed by atoms with van der Waals surface area (Å²) in [6, 6.07) is 8.09. The van der Waals surface area contributed by atoms with E-state index < -0.39 is 12.0 Å². The molecule has 1 aromatic carbocycles. The second kappa shape index (κ2) is 6.40. The smallest absolute Gasteiger partial charge is 0.320 e. The average Bonchev–Trinajstić information content (AvgIpc) is 2.30. The second-order valence-electron chi connectivity index (χ2n) is 4.52. The lowest BCUT2D eigenvalue weighted by atomic mass is 10.0. The molecule has 0 heterocycles. The Kier molecular flexibility index (Phi) is 5.16. The average molecular weight is 235 g/mol. The molecule has 0 saturated heterocycles. The molecule has 0 aliphatic heterocycles. The van der Waals surface area contributed by atoms with Crippen LogP contribution in [-0.4, -0.2) is 23.2 Å². The van der Waals surface area contributed by atoms with Gasteiger partial charge in [-0.05, 0) is 32.3 Å². The highest BCUT2D eigenvalue weighted by Gasteiger charge is 2.15. The largest absolute Gasteiger partial charge is 0.480 e. The maximum Gasteiger partial charge on any atom is 0.320 e. The van der Waals surface area contributed by atoms with Gasteiger partial charge in [-0.2, -0.15) is 0 Å². The molecular formula is C14H21NO2. The van der Waals surface area contributed by atoms with E-state index in [9.17, 15) is 4.79 Å². The summed E-state index contributed by atoms with van der Waals surface area (Å²) in [4.78, 5) is 10.8. The topological polar surface area (TPSA) is 49.3 Å². The lowest BCUT2D eigenvalue weighted by molar-refractivity contribution is -0.139. The van der Waals surface area contributed by atoms with E-state index in [2.05, 4.69) is 43.4 Å². The van der Waals surface area contributed by atoms with E-state index in [1.54, 1.807) is 6.92 Å². The predicted molar refractivity (Wildman–Crippen MR) is 69.2 cm³/mol. The van der Waals surface area contributed by atoms with E-state index in [-0.39, 0.29) is 6.04 Å². The Morgan fingerprint density at radius 1 is 1.35 bits per heavy atom. The number of nitrogens with one attached hydrogen (secondary N) is 1. The highest BCUT2D eigenvalue weighted by Crippen LogP contribution is 2.08. The zero-order valence-corrected chi connectivity index (χ0v) is 10.7. The van der Waals surface area contributed by atoms with Crippen LogP contribution in [0.25, 0.3) is 0 Å². The summed E-state index contributed by atoms with van der Waals surface area (Å²) in [7, 11) is 0. The van der Waals surface area contributed by atoms with Gasteiger partial charge in [0.25, 0.3) is 0 Å². The van der Waals surface area contributed by atoms with Crippen LogP contribution in [0.1, 0.15) is 31.4 Å². The van der Waals surface area contributed by atoms with Crippen molar-refractivity contribution < 1.29 is 9.90 Å². The fourth-order valence-electron chi connectivity index (χ4n) is 1.75. The minimum atomic E-state index is -0.799. The fraction of sp³-hybridized carbons (Fsp3) is 0.500. The molecule has 0 aromatic heterocycles. The standard InChI is InChI=1S/C14H21NO2/c1-4-13(15-11(3)14(16)17)9-12-7-5-10(2)6-8-12/h5-8,11,13,15H,4,9H2,1-3H3,(H,16,17)/t11-,13?/m0/s1. The Labute approximate surface area is 103 Å². The van der Waals surface area contributed by atoms with Gasteiger partial charge in [0.05, 0.1) is 0 Å². The summed E-state index contributed by atoms with van der Waals surface area (Å²) in [5.74, 6) is -0.799. The first-order chi connectivity index (χ1) is 8.02. The van der Waals surface area contributed by atoms with Gasteiger partial charge in [0.15, 0.2) is 0 Å². The molecule has 0 spiro atoms. The van der Waals surface area contributed by atoms with E-state index in [1.165, 1.54) is 11.1 Å². The van der Waals surface area contributed by atoms with Crippen molar-refractivity contribution in [2.24, 2.45) is 0 Å². The third kappa shape index (κ3) is 4.57. The summed E-state index contributed by atoms with van der Waals surface area (Å²) in [5, 5.41) is 12.0. The third-order valence-corrected chi connectivity index (χ3v) is 2.95. The van der Waals surface area contributed by atoms with Gasteiger partial charge < -0.3 is 10.4 Å². The SMILES string of the molecule is CCC(Cc1ccc(C)cc1)N[C@@H](C)C(=O)O. The highest BCUT2D eigenvalue weighted by atomic mass is 16.4. The van der Waals surface area contributed by atoms with E-state index in [4.69, 9.17) is 5.11 Å². The number of rotatable bonds is 6. The molecule has 0 radical (unpaired) electrons. The Bertz CT molecular complexity index is 359. The van der Waals surface area contributed by atoms with Crippen LogP contribution in [0.5, 0.6) is 0 Å². The van der Waals surface area contributed by atoms with E-state index in [0.29, 0.717) is 0 Å². The number of aryl methyl sites for hydroxylation is 1. The number of hydrogen-bond donors (Lipinski definition) is 2. The zero-order chi connectivity index (χ0) is 12.8. The van der Waals surface area contributed by atoms with Crippen LogP contribution < -0.4 is 5.32 Å². The minimum Gasteiger partial charge on any atom is -0.480 e. The van der Waals surface area contributed by atoms with Crippen LogP contribution in [0, 0.1) is 6.92 Å². The zero-order valence-electron chi connectivity index (χ0n) is 10.7. The summed E-state index contributed by atoms with van der Waals surface area (Å²) in [6.07, 6.45) is 1.79. The van der Waals surface area contributed by atoms with Crippen molar-refractivity contribution in [1.29, 1.82) is 0 Å². The number of benzene rings is 1. The van der Waals surface area contributed by atoms with Crippen molar-refractivity contribution in [1.82, 2.24) is 5.32 Å². The van der Waals surface area contributed by atoms with Crippen molar-refractivity contribution in [3.8, 4) is 0 Å². The molecule has 94 valence electrons. The molecular weight excluding hydrogens is 214 g/mol. The lowest BCUT2D eigenvalue weighted by Gasteiger charge is -2.20. The first-order valence-corrected chi connectivity index (χ1v) is 6.07. The first-order valence-electron chi connectivity index (χ1n) is 6.07. The van der Waals surface area contributed by atoms with Crippen molar-refractivity contribution in [2.45, 2.75) is 45.7 Å². The number of carboxylic acids is 1. The molecule has 0 saturated carbocycles. The van der Waals surface area contributed by atoms with Gasteiger partial charge in [-0.1, -0.05) is 36.8 Å². The number of carbonyl (C=O) groups is 1. The monoisotopic (exact) mass is 235 g/mol. The van der Waals surface area contributed by atoms with Crippen molar-refractivity contribution in [2.75, 3.05) is 0 Å². The Hall–Kier alpha value is -1.35. The maximum absolute atomic E-state index is 10.8. The molecule has 17 heavy (non-hydrogen) atoms. The quantitative estimate of drug-likeness (QED) is 0.796. The second-order valence-corrected chi connectivity index (χ2v) is 4.52. The van der Waals surface area contributed by atoms with Crippen molar-refractivity contribution in [3.63, 3.8) is 0 Å². The maximum atomic E-state index is 10.8. The lowest BCUT2D eigenvalue weighted by Crippen LogP contribution is -2.42. The van der Waals surface area contributed by atoms with Gasteiger partial charge >= 0.3 is 5.97 Å². The molecule has 0 fully saturated rings. The minimum absolute atomic E-state index is 0.212. The predicted octanol–water partition coefficient (Wildman–Crippen LogP) is 2.38. The molecule has 3 heteroatoms. The van der Waals surface area contributed by atoms with E-state index in [0.717, 1.165) is 12.8 Å². The Morgan fingerprint density at radius 2 is 1.94 bits per heavy atom. The third-order valence-electron chi connectivity index (χ3n) is 2.95. The molecule has 0 aliphatic carbocycles. The van der Waals surface area contributed by atoms with Crippen LogP contribution in [0.4, 0.5) is 0 Å². The summed E-state index contributed by atoms with van der Waals surface area (Å²) in [6.45, 7) is 5.81. The van der Waals surface area contributed by atoms with Gasteiger partial charge in [-0.15, -0.1) is 0 Å². The molecule has 2 N–H and O–H groups in total. The molecule has 2 atom stereocenters. The van der Waals surface area contributed by atoms with Crippen LogP contribution in [0.2, 0.25) is 0 Å². The summed E-state index contributed by atoms with van der Waals surface area (Å²) >= 11 is 0. The number of hydrogen-bond acceptors (Lipinski definition) is 2. The summed E-state index contributed by atoms with van der Waals surface area (Å²) < 4.78 is 0. The van der Waals surface area contributed by atoms with Crippen LogP contribution in [0.3, 0.4) is 0 Å². The van der Waals surface area contributed by atoms with Crippen LogP contribution in [0.15, 0.2) is 24.3 Å². The molecule has 0 aliphatic rings. The molecule has 0 amide bonds. The number of aliphatic carboxylic acids is 1. The highest BCUT2D eigenvalue weighted by molar-refractivity contribution is 5.72. The fourth-order valence-corrected chi connectivity index (χ4v) is 1.75. The summed E-state index contributed by atoms with van der Waals surface area (Å²) in [5.41, 5.74) is 2.49. The molecule has 1 aromatic rings. The van der Waals surface area contributed by atoms with Gasteiger partial charge in [0.2, 0.25) is 0 Å². The Balaban J connectivity index is 2.57. The molecule has 3 nitrogen and oxygen atoms in total. The normalized spacial score (nSPS) is 14.3. The van der Waals surface area contributed by atoms with Crippen LogP contribution in [-0.2, 0) is 11.2 Å². The van der Waals surface area contributed by atoms with Gasteiger partial charge in [-0.25, -0.2) is 0 Å². The van der Waals surface area contributed by atoms with Gasteiger partial charge in [0.1, 0.15) is 6.04 Å². The molecule has 0 bridgehead atoms. The molecule has 1 rings (SSSR count). The number of carboxylic acid groups (broad SMARTS) is 1. The van der Waals surface area contributed by atoms with E-state index >= 15 is 0 Å². The van der Waals surface area contributed by atoms with Gasteiger partial charge in [0, 0.05) is 6.04 Å².